The quantitative estimate of drug-likeness (QED) is 0.626. The lowest BCUT2D eigenvalue weighted by Crippen LogP contribution is -2.53. The van der Waals surface area contributed by atoms with Crippen molar-refractivity contribution in [2.75, 3.05) is 19.7 Å². The van der Waals surface area contributed by atoms with Crippen LogP contribution in [0.25, 0.3) is 0 Å². The van der Waals surface area contributed by atoms with Crippen molar-refractivity contribution >= 4 is 33.4 Å². The molecule has 2 N–H and O–H groups in total. The largest absolute Gasteiger partial charge is 0.360 e. The molecule has 1 heterocycles. The molecule has 1 saturated heterocycles. The smallest absolute Gasteiger partial charge is 0.309 e. The van der Waals surface area contributed by atoms with Crippen LogP contribution in [0, 0.1) is 5.82 Å². The monoisotopic (exact) mass is 469 g/mol. The predicted molar refractivity (Wildman–Crippen MR) is 111 cm³/mol. The molecule has 0 bridgehead atoms. The summed E-state index contributed by atoms with van der Waals surface area (Å²) >= 11 is 6.02. The van der Waals surface area contributed by atoms with Gasteiger partial charge in [0.05, 0.1) is 18.0 Å². The van der Waals surface area contributed by atoms with E-state index in [9.17, 15) is 22.4 Å². The normalized spacial score (nSPS) is 17.2. The maximum atomic E-state index is 13.1. The molecule has 31 heavy (non-hydrogen) atoms. The van der Waals surface area contributed by atoms with E-state index in [0.29, 0.717) is 23.6 Å². The van der Waals surface area contributed by atoms with Crippen molar-refractivity contribution in [3.63, 3.8) is 0 Å². The molecule has 1 atom stereocenters. The number of sulfonamides is 1. The van der Waals surface area contributed by atoms with Crippen LogP contribution in [0.4, 0.5) is 4.39 Å². The van der Waals surface area contributed by atoms with Gasteiger partial charge in [-0.3, -0.25) is 9.59 Å². The predicted octanol–water partition coefficient (Wildman–Crippen LogP) is 1.65. The van der Waals surface area contributed by atoms with E-state index in [2.05, 4.69) is 10.6 Å². The van der Waals surface area contributed by atoms with Crippen LogP contribution in [0.2, 0.25) is 5.02 Å². The van der Waals surface area contributed by atoms with Gasteiger partial charge in [-0.2, -0.15) is 4.31 Å². The summed E-state index contributed by atoms with van der Waals surface area (Å²) in [5, 5.41) is 5.31. The van der Waals surface area contributed by atoms with Gasteiger partial charge >= 0.3 is 11.8 Å². The molecule has 1 aliphatic rings. The molecule has 2 aromatic carbocycles. The highest BCUT2D eigenvalue weighted by atomic mass is 35.5. The first-order valence-corrected chi connectivity index (χ1v) is 11.3. The highest BCUT2D eigenvalue weighted by Gasteiger charge is 2.35. The molecule has 0 unspecified atom stereocenters. The van der Waals surface area contributed by atoms with Crippen LogP contribution in [-0.4, -0.2) is 50.5 Å². The molecule has 1 aliphatic heterocycles. The van der Waals surface area contributed by atoms with Crippen molar-refractivity contribution in [2.24, 2.45) is 0 Å². The van der Waals surface area contributed by atoms with Gasteiger partial charge in [0.15, 0.2) is 0 Å². The fourth-order valence-corrected chi connectivity index (χ4v) is 4.77. The molecule has 2 aromatic rings. The van der Waals surface area contributed by atoms with E-state index in [-0.39, 0.29) is 24.5 Å². The van der Waals surface area contributed by atoms with E-state index in [0.717, 1.165) is 28.6 Å². The highest BCUT2D eigenvalue weighted by molar-refractivity contribution is 7.89. The van der Waals surface area contributed by atoms with Crippen LogP contribution in [0.3, 0.4) is 0 Å². The Hall–Kier alpha value is -2.53. The third-order valence-corrected chi connectivity index (χ3v) is 6.89. The third kappa shape index (κ3) is 5.79. The lowest BCUT2D eigenvalue weighted by molar-refractivity contribution is -0.140. The Labute approximate surface area is 184 Å². The van der Waals surface area contributed by atoms with Crippen LogP contribution >= 0.6 is 11.6 Å². The standard InChI is InChI=1S/C20H21ClFN3O5S/c21-17-5-2-1-4-14(17)12-23-19(26)20(27)24-13-18-25(10-3-11-30-18)31(28,29)16-8-6-15(22)7-9-16/h1-2,4-9,18H,3,10-13H2,(H,23,26)(H,24,27)/t18-/m0/s1. The van der Waals surface area contributed by atoms with Gasteiger partial charge in [-0.25, -0.2) is 12.8 Å². The maximum Gasteiger partial charge on any atom is 0.309 e. The summed E-state index contributed by atoms with van der Waals surface area (Å²) in [6.07, 6.45) is -0.535. The second-order valence-corrected chi connectivity index (χ2v) is 9.03. The summed E-state index contributed by atoms with van der Waals surface area (Å²) in [5.74, 6) is -2.37. The second-order valence-electron chi connectivity index (χ2n) is 6.73. The number of halogens is 2. The number of hydrogen-bond acceptors (Lipinski definition) is 5. The average molecular weight is 470 g/mol. The molecule has 1 fully saturated rings. The van der Waals surface area contributed by atoms with E-state index in [4.69, 9.17) is 16.3 Å². The first-order chi connectivity index (χ1) is 14.8. The molecule has 0 aliphatic carbocycles. The summed E-state index contributed by atoms with van der Waals surface area (Å²) in [7, 11) is -3.97. The Kier molecular flexibility index (Phi) is 7.60. The summed E-state index contributed by atoms with van der Waals surface area (Å²) in [6.45, 7) is 0.309. The molecule has 8 nitrogen and oxygen atoms in total. The number of ether oxygens (including phenoxy) is 1. The summed E-state index contributed by atoms with van der Waals surface area (Å²) in [6, 6.07) is 11.3. The number of benzene rings is 2. The minimum Gasteiger partial charge on any atom is -0.360 e. The van der Waals surface area contributed by atoms with Crippen LogP contribution in [-0.2, 0) is 30.9 Å². The summed E-state index contributed by atoms with van der Waals surface area (Å²) in [4.78, 5) is 24.1. The average Bonchev–Trinajstić information content (AvgIpc) is 2.77. The molecular formula is C20H21ClFN3O5S. The zero-order chi connectivity index (χ0) is 22.4. The number of hydrogen-bond donors (Lipinski definition) is 2. The molecule has 3 rings (SSSR count). The van der Waals surface area contributed by atoms with E-state index in [1.165, 1.54) is 0 Å². The Morgan fingerprint density at radius 1 is 1.10 bits per heavy atom. The van der Waals surface area contributed by atoms with Crippen molar-refractivity contribution in [3.8, 4) is 0 Å². The van der Waals surface area contributed by atoms with Crippen molar-refractivity contribution in [1.29, 1.82) is 0 Å². The molecule has 166 valence electrons. The molecule has 0 saturated carbocycles. The van der Waals surface area contributed by atoms with E-state index >= 15 is 0 Å². The fourth-order valence-electron chi connectivity index (χ4n) is 3.00. The lowest BCUT2D eigenvalue weighted by Gasteiger charge is -2.34. The maximum absolute atomic E-state index is 13.1. The number of carbonyl (C=O) groups excluding carboxylic acids is 2. The molecule has 0 spiro atoms. The van der Waals surface area contributed by atoms with Crippen molar-refractivity contribution < 1.29 is 27.1 Å². The minimum absolute atomic E-state index is 0.0664. The van der Waals surface area contributed by atoms with Crippen molar-refractivity contribution in [2.45, 2.75) is 24.1 Å². The first kappa shape index (κ1) is 23.1. The second kappa shape index (κ2) is 10.2. The van der Waals surface area contributed by atoms with Crippen LogP contribution in [0.15, 0.2) is 53.4 Å². The van der Waals surface area contributed by atoms with E-state index in [1.54, 1.807) is 24.3 Å². The zero-order valence-electron chi connectivity index (χ0n) is 16.4. The van der Waals surface area contributed by atoms with Gasteiger partial charge in [-0.05, 0) is 42.3 Å². The molecule has 11 heteroatoms. The third-order valence-electron chi connectivity index (χ3n) is 4.62. The Morgan fingerprint density at radius 3 is 2.48 bits per heavy atom. The topological polar surface area (TPSA) is 105 Å². The molecule has 0 radical (unpaired) electrons. The Morgan fingerprint density at radius 2 is 1.77 bits per heavy atom. The van der Waals surface area contributed by atoms with Crippen LogP contribution < -0.4 is 10.6 Å². The summed E-state index contributed by atoms with van der Waals surface area (Å²) in [5.41, 5.74) is 0.650. The molecule has 2 amide bonds. The van der Waals surface area contributed by atoms with Gasteiger partial charge in [-0.1, -0.05) is 29.8 Å². The van der Waals surface area contributed by atoms with Gasteiger partial charge in [-0.15, -0.1) is 0 Å². The lowest BCUT2D eigenvalue weighted by atomic mass is 10.2. The van der Waals surface area contributed by atoms with Gasteiger partial charge < -0.3 is 15.4 Å². The van der Waals surface area contributed by atoms with Gasteiger partial charge in [0, 0.05) is 18.1 Å². The fraction of sp³-hybridized carbons (Fsp3) is 0.300. The first-order valence-electron chi connectivity index (χ1n) is 9.47. The number of rotatable bonds is 6. The van der Waals surface area contributed by atoms with Gasteiger partial charge in [0.1, 0.15) is 12.0 Å². The zero-order valence-corrected chi connectivity index (χ0v) is 18.0. The SMILES string of the molecule is O=C(NCc1ccccc1Cl)C(=O)NC[C@@H]1OCCCN1S(=O)(=O)c1ccc(F)cc1. The summed E-state index contributed by atoms with van der Waals surface area (Å²) < 4.78 is 45.5. The molecular weight excluding hydrogens is 449 g/mol. The van der Waals surface area contributed by atoms with Crippen LogP contribution in [0.1, 0.15) is 12.0 Å². The Bertz CT molecular complexity index is 1050. The van der Waals surface area contributed by atoms with Gasteiger partial charge in [0.2, 0.25) is 10.0 Å². The van der Waals surface area contributed by atoms with E-state index in [1.807, 2.05) is 0 Å². The van der Waals surface area contributed by atoms with E-state index < -0.39 is 33.9 Å². The number of nitrogens with one attached hydrogen (secondary N) is 2. The number of amides is 2. The highest BCUT2D eigenvalue weighted by Crippen LogP contribution is 2.22. The van der Waals surface area contributed by atoms with Crippen molar-refractivity contribution in [3.05, 3.63) is 64.9 Å². The van der Waals surface area contributed by atoms with Crippen molar-refractivity contribution in [1.82, 2.24) is 14.9 Å². The molecule has 0 aromatic heterocycles. The Balaban J connectivity index is 1.59. The number of carbonyl (C=O) groups is 2. The number of nitrogens with zero attached hydrogens (tertiary/aromatic N) is 1. The van der Waals surface area contributed by atoms with Gasteiger partial charge in [0.25, 0.3) is 0 Å². The van der Waals surface area contributed by atoms with Crippen LogP contribution in [0.5, 0.6) is 0 Å². The minimum atomic E-state index is -3.97.